The van der Waals surface area contributed by atoms with Crippen molar-refractivity contribution in [3.8, 4) is 11.1 Å². The van der Waals surface area contributed by atoms with Crippen molar-refractivity contribution >= 4 is 10.0 Å². The number of nitrogens with two attached hydrogens (primary N) is 1. The largest absolute Gasteiger partial charge is 0.322 e. The van der Waals surface area contributed by atoms with Gasteiger partial charge in [0.2, 0.25) is 10.0 Å². The fourth-order valence-corrected chi connectivity index (χ4v) is 6.34. The summed E-state index contributed by atoms with van der Waals surface area (Å²) in [6.45, 7) is 0. The number of nitrogens with one attached hydrogen (secondary N) is 1. The molecule has 0 amide bonds. The highest BCUT2D eigenvalue weighted by molar-refractivity contribution is 7.89. The maximum Gasteiger partial charge on any atom is 0.213 e. The van der Waals surface area contributed by atoms with Crippen molar-refractivity contribution in [1.82, 2.24) is 4.72 Å². The minimum Gasteiger partial charge on any atom is -0.322 e. The van der Waals surface area contributed by atoms with E-state index in [4.69, 9.17) is 5.73 Å². The number of benzene rings is 4. The van der Waals surface area contributed by atoms with Crippen LogP contribution in [0.25, 0.3) is 11.1 Å². The lowest BCUT2D eigenvalue weighted by atomic mass is 9.95. The number of rotatable bonds is 7. The van der Waals surface area contributed by atoms with Crippen molar-refractivity contribution < 1.29 is 8.42 Å². The monoisotopic (exact) mass is 454 g/mol. The Labute approximate surface area is 195 Å². The average molecular weight is 455 g/mol. The predicted molar refractivity (Wildman–Crippen MR) is 133 cm³/mol. The van der Waals surface area contributed by atoms with Gasteiger partial charge in [0.25, 0.3) is 0 Å². The first-order valence-electron chi connectivity index (χ1n) is 11.1. The number of sulfonamides is 1. The number of hydrogen-bond donors (Lipinski definition) is 2. The first-order valence-corrected chi connectivity index (χ1v) is 12.7. The topological polar surface area (TPSA) is 72.2 Å². The SMILES string of the molecule is NC(c1ccccc1)C(NS(=O)(=O)CC1c2ccccc2-c2ccccc21)c1ccccc1. The third kappa shape index (κ3) is 4.35. The minimum absolute atomic E-state index is 0.0358. The van der Waals surface area contributed by atoms with Crippen LogP contribution in [0.2, 0.25) is 0 Å². The summed E-state index contributed by atoms with van der Waals surface area (Å²) < 4.78 is 30.1. The summed E-state index contributed by atoms with van der Waals surface area (Å²) in [4.78, 5) is 0. The highest BCUT2D eigenvalue weighted by Gasteiger charge is 2.34. The molecule has 4 aromatic rings. The van der Waals surface area contributed by atoms with Gasteiger partial charge < -0.3 is 5.73 Å². The highest BCUT2D eigenvalue weighted by Crippen LogP contribution is 2.45. The molecule has 4 aromatic carbocycles. The molecule has 4 nitrogen and oxygen atoms in total. The van der Waals surface area contributed by atoms with Crippen LogP contribution >= 0.6 is 0 Å². The van der Waals surface area contributed by atoms with Gasteiger partial charge in [-0.1, -0.05) is 109 Å². The second-order valence-electron chi connectivity index (χ2n) is 8.45. The Kier molecular flexibility index (Phi) is 5.85. The van der Waals surface area contributed by atoms with E-state index >= 15 is 0 Å². The van der Waals surface area contributed by atoms with Crippen molar-refractivity contribution in [3.05, 3.63) is 131 Å². The van der Waals surface area contributed by atoms with Crippen LogP contribution in [0.1, 0.15) is 40.3 Å². The minimum atomic E-state index is -3.68. The Morgan fingerprint density at radius 1 is 0.667 bits per heavy atom. The van der Waals surface area contributed by atoms with Gasteiger partial charge in [0, 0.05) is 5.92 Å². The average Bonchev–Trinajstić information content (AvgIpc) is 3.16. The van der Waals surface area contributed by atoms with Gasteiger partial charge in [-0.05, 0) is 33.4 Å². The van der Waals surface area contributed by atoms with E-state index in [1.807, 2.05) is 97.1 Å². The molecule has 0 spiro atoms. The fourth-order valence-electron chi connectivity index (χ4n) is 4.78. The molecule has 2 atom stereocenters. The summed E-state index contributed by atoms with van der Waals surface area (Å²) in [5, 5.41) is 0. The molecule has 166 valence electrons. The molecule has 0 heterocycles. The van der Waals surface area contributed by atoms with Crippen molar-refractivity contribution in [2.45, 2.75) is 18.0 Å². The zero-order chi connectivity index (χ0) is 22.8. The van der Waals surface area contributed by atoms with Gasteiger partial charge in [0.05, 0.1) is 17.8 Å². The molecule has 3 N–H and O–H groups in total. The summed E-state index contributed by atoms with van der Waals surface area (Å²) in [6, 6.07) is 34.2. The quantitative estimate of drug-likeness (QED) is 0.405. The smallest absolute Gasteiger partial charge is 0.213 e. The molecule has 5 heteroatoms. The molecule has 0 saturated carbocycles. The van der Waals surface area contributed by atoms with Gasteiger partial charge >= 0.3 is 0 Å². The summed E-state index contributed by atoms with van der Waals surface area (Å²) in [7, 11) is -3.68. The van der Waals surface area contributed by atoms with E-state index in [-0.39, 0.29) is 11.7 Å². The zero-order valence-corrected chi connectivity index (χ0v) is 19.0. The Hall–Kier alpha value is -3.25. The van der Waals surface area contributed by atoms with Gasteiger partial charge in [-0.2, -0.15) is 0 Å². The molecule has 2 unspecified atom stereocenters. The van der Waals surface area contributed by atoms with E-state index in [1.165, 1.54) is 0 Å². The van der Waals surface area contributed by atoms with Crippen LogP contribution in [0.3, 0.4) is 0 Å². The number of hydrogen-bond acceptors (Lipinski definition) is 3. The molecular weight excluding hydrogens is 428 g/mol. The first-order chi connectivity index (χ1) is 16.0. The van der Waals surface area contributed by atoms with Crippen molar-refractivity contribution in [1.29, 1.82) is 0 Å². The van der Waals surface area contributed by atoms with Crippen molar-refractivity contribution in [2.24, 2.45) is 5.73 Å². The Morgan fingerprint density at radius 2 is 1.12 bits per heavy atom. The summed E-state index contributed by atoms with van der Waals surface area (Å²) in [5.41, 5.74) is 12.6. The second-order valence-corrected chi connectivity index (χ2v) is 10.2. The van der Waals surface area contributed by atoms with Crippen LogP contribution in [0.15, 0.2) is 109 Å². The molecule has 0 fully saturated rings. The predicted octanol–water partition coefficient (Wildman–Crippen LogP) is 5.16. The third-order valence-corrected chi connectivity index (χ3v) is 7.74. The Bertz CT molecular complexity index is 1310. The Balaban J connectivity index is 1.48. The van der Waals surface area contributed by atoms with Crippen LogP contribution in [-0.4, -0.2) is 14.2 Å². The van der Waals surface area contributed by atoms with Crippen LogP contribution in [0.4, 0.5) is 0 Å². The molecule has 5 rings (SSSR count). The molecule has 0 radical (unpaired) electrons. The number of fused-ring (bicyclic) bond motifs is 3. The fraction of sp³-hybridized carbons (Fsp3) is 0.143. The normalized spacial score (nSPS) is 14.9. The van der Waals surface area contributed by atoms with Gasteiger partial charge in [-0.3, -0.25) is 0 Å². The summed E-state index contributed by atoms with van der Waals surface area (Å²) >= 11 is 0. The van der Waals surface area contributed by atoms with Crippen LogP contribution in [0, 0.1) is 0 Å². The van der Waals surface area contributed by atoms with Gasteiger partial charge in [-0.25, -0.2) is 13.1 Å². The van der Waals surface area contributed by atoms with Crippen LogP contribution < -0.4 is 10.5 Å². The van der Waals surface area contributed by atoms with Gasteiger partial charge in [0.15, 0.2) is 0 Å². The van der Waals surface area contributed by atoms with Gasteiger partial charge in [0.1, 0.15) is 0 Å². The third-order valence-electron chi connectivity index (χ3n) is 6.36. The van der Waals surface area contributed by atoms with E-state index in [9.17, 15) is 8.42 Å². The summed E-state index contributed by atoms with van der Waals surface area (Å²) in [5.74, 6) is -0.259. The van der Waals surface area contributed by atoms with Gasteiger partial charge in [-0.15, -0.1) is 0 Å². The molecule has 1 aliphatic carbocycles. The highest BCUT2D eigenvalue weighted by atomic mass is 32.2. The van der Waals surface area contributed by atoms with E-state index < -0.39 is 22.1 Å². The molecule has 0 saturated heterocycles. The molecule has 0 aromatic heterocycles. The molecule has 1 aliphatic rings. The summed E-state index contributed by atoms with van der Waals surface area (Å²) in [6.07, 6.45) is 0. The van der Waals surface area contributed by atoms with Crippen LogP contribution in [-0.2, 0) is 10.0 Å². The maximum atomic E-state index is 13.6. The van der Waals surface area contributed by atoms with E-state index in [1.54, 1.807) is 0 Å². The lowest BCUT2D eigenvalue weighted by Crippen LogP contribution is -2.38. The van der Waals surface area contributed by atoms with Crippen molar-refractivity contribution in [3.63, 3.8) is 0 Å². The van der Waals surface area contributed by atoms with E-state index in [0.29, 0.717) is 0 Å². The first kappa shape index (κ1) is 21.6. The van der Waals surface area contributed by atoms with Crippen molar-refractivity contribution in [2.75, 3.05) is 5.75 Å². The van der Waals surface area contributed by atoms with E-state index in [2.05, 4.69) is 16.9 Å². The maximum absolute atomic E-state index is 13.6. The molecule has 0 bridgehead atoms. The lowest BCUT2D eigenvalue weighted by molar-refractivity contribution is 0.502. The molecule has 0 aliphatic heterocycles. The molecule has 33 heavy (non-hydrogen) atoms. The second kappa shape index (κ2) is 8.94. The van der Waals surface area contributed by atoms with E-state index in [0.717, 1.165) is 33.4 Å². The lowest BCUT2D eigenvalue weighted by Gasteiger charge is -2.27. The Morgan fingerprint density at radius 3 is 1.67 bits per heavy atom. The zero-order valence-electron chi connectivity index (χ0n) is 18.1. The molecular formula is C28H26N2O2S. The standard InChI is InChI=1S/C28H26N2O2S/c29-27(20-11-3-1-4-12-20)28(21-13-5-2-6-14-21)30-33(31,32)19-26-24-17-9-7-15-22(24)23-16-8-10-18-25(23)26/h1-18,26-28,30H,19,29H2. The van der Waals surface area contributed by atoms with Crippen LogP contribution in [0.5, 0.6) is 0 Å².